The van der Waals surface area contributed by atoms with Crippen LogP contribution in [0.4, 0.5) is 0 Å². The monoisotopic (exact) mass is 392 g/mol. The van der Waals surface area contributed by atoms with Crippen LogP contribution >= 0.6 is 23.1 Å². The Hall–Kier alpha value is -2.89. The second kappa shape index (κ2) is 7.39. The molecule has 0 spiro atoms. The third kappa shape index (κ3) is 3.27. The molecule has 0 radical (unpaired) electrons. The maximum atomic E-state index is 9.60. The van der Waals surface area contributed by atoms with E-state index in [0.717, 1.165) is 32.9 Å². The van der Waals surface area contributed by atoms with Crippen molar-refractivity contribution in [3.05, 3.63) is 64.8 Å². The largest absolute Gasteiger partial charge is 0.304 e. The summed E-state index contributed by atoms with van der Waals surface area (Å²) in [6.45, 7) is 1.86. The number of aromatic nitrogens is 5. The van der Waals surface area contributed by atoms with Gasteiger partial charge in [0.2, 0.25) is 0 Å². The normalized spacial score (nSPS) is 10.9. The molecule has 0 aliphatic carbocycles. The van der Waals surface area contributed by atoms with Crippen LogP contribution in [0.5, 0.6) is 0 Å². The van der Waals surface area contributed by atoms with Crippen LogP contribution < -0.4 is 0 Å². The number of hydrogen-bond donors (Lipinski definition) is 0. The van der Waals surface area contributed by atoms with Gasteiger partial charge in [0.1, 0.15) is 6.07 Å². The van der Waals surface area contributed by atoms with Gasteiger partial charge >= 0.3 is 0 Å². The molecular formula is C19H16N6S2. The van der Waals surface area contributed by atoms with E-state index in [1.54, 1.807) is 23.1 Å². The van der Waals surface area contributed by atoms with Crippen molar-refractivity contribution in [1.29, 1.82) is 5.26 Å². The Morgan fingerprint density at radius 2 is 1.96 bits per heavy atom. The maximum Gasteiger partial charge on any atom is 0.191 e. The van der Waals surface area contributed by atoms with Crippen LogP contribution in [0.25, 0.3) is 16.4 Å². The molecule has 6 nitrogen and oxygen atoms in total. The van der Waals surface area contributed by atoms with Gasteiger partial charge in [-0.1, -0.05) is 36.0 Å². The average Bonchev–Trinajstić information content (AvgIpc) is 3.40. The van der Waals surface area contributed by atoms with Gasteiger partial charge in [0.15, 0.2) is 11.0 Å². The summed E-state index contributed by atoms with van der Waals surface area (Å²) < 4.78 is 3.83. The summed E-state index contributed by atoms with van der Waals surface area (Å²) in [6.07, 6.45) is 0. The average molecular weight is 393 g/mol. The summed E-state index contributed by atoms with van der Waals surface area (Å²) in [4.78, 5) is 1.08. The van der Waals surface area contributed by atoms with E-state index < -0.39 is 0 Å². The number of thiophene rings is 1. The van der Waals surface area contributed by atoms with Gasteiger partial charge in [-0.2, -0.15) is 10.4 Å². The van der Waals surface area contributed by atoms with Gasteiger partial charge in [0.25, 0.3) is 0 Å². The first kappa shape index (κ1) is 17.5. The lowest BCUT2D eigenvalue weighted by Crippen LogP contribution is -2.02. The number of thioether (sulfide) groups is 1. The fourth-order valence-corrected chi connectivity index (χ4v) is 4.49. The Balaban J connectivity index is 1.65. The molecule has 4 aromatic rings. The van der Waals surface area contributed by atoms with E-state index in [0.29, 0.717) is 11.3 Å². The molecule has 4 rings (SSSR count). The van der Waals surface area contributed by atoms with E-state index in [9.17, 15) is 5.26 Å². The fourth-order valence-electron chi connectivity index (χ4n) is 2.83. The second-order valence-electron chi connectivity index (χ2n) is 5.90. The van der Waals surface area contributed by atoms with Crippen molar-refractivity contribution in [1.82, 2.24) is 24.5 Å². The molecule has 0 atom stereocenters. The van der Waals surface area contributed by atoms with Crippen LogP contribution in [-0.4, -0.2) is 24.5 Å². The van der Waals surface area contributed by atoms with E-state index in [1.165, 1.54) is 0 Å². The number of nitrogens with zero attached hydrogens (tertiary/aromatic N) is 6. The summed E-state index contributed by atoms with van der Waals surface area (Å²) >= 11 is 3.19. The Labute approximate surface area is 165 Å². The SMILES string of the molecule is Cc1nn(-c2ccccc2)c(CSc2nnc(-c3cccs3)n2C)c1C#N. The van der Waals surface area contributed by atoms with Gasteiger partial charge in [-0.3, -0.25) is 0 Å². The van der Waals surface area contributed by atoms with E-state index in [1.807, 2.05) is 71.1 Å². The van der Waals surface area contributed by atoms with Crippen LogP contribution in [0.1, 0.15) is 17.0 Å². The number of hydrogen-bond acceptors (Lipinski definition) is 6. The molecule has 0 N–H and O–H groups in total. The summed E-state index contributed by atoms with van der Waals surface area (Å²) in [5.74, 6) is 1.43. The molecule has 1 aromatic carbocycles. The number of para-hydroxylation sites is 1. The predicted molar refractivity (Wildman–Crippen MR) is 107 cm³/mol. The molecule has 134 valence electrons. The fraction of sp³-hybridized carbons (Fsp3) is 0.158. The summed E-state index contributed by atoms with van der Waals surface area (Å²) in [5, 5.41) is 25.6. The van der Waals surface area contributed by atoms with Crippen LogP contribution in [0, 0.1) is 18.3 Å². The molecule has 0 amide bonds. The molecule has 0 fully saturated rings. The highest BCUT2D eigenvalue weighted by Crippen LogP contribution is 2.29. The highest BCUT2D eigenvalue weighted by atomic mass is 32.2. The quantitative estimate of drug-likeness (QED) is 0.476. The standard InChI is InChI=1S/C19H16N6S2/c1-13-15(11-20)16(25(23-13)14-7-4-3-5-8-14)12-27-19-22-21-18(24(19)2)17-9-6-10-26-17/h3-10H,12H2,1-2H3. The first-order valence-corrected chi connectivity index (χ1v) is 10.2. The van der Waals surface area contributed by atoms with Gasteiger partial charge in [-0.15, -0.1) is 21.5 Å². The minimum Gasteiger partial charge on any atom is -0.304 e. The number of nitriles is 1. The number of rotatable bonds is 5. The Morgan fingerprint density at radius 1 is 1.15 bits per heavy atom. The molecule has 0 unspecified atom stereocenters. The number of benzene rings is 1. The minimum atomic E-state index is 0.578. The lowest BCUT2D eigenvalue weighted by molar-refractivity contribution is 0.790. The van der Waals surface area contributed by atoms with Gasteiger partial charge < -0.3 is 4.57 Å². The van der Waals surface area contributed by atoms with Crippen molar-refractivity contribution >= 4 is 23.1 Å². The molecular weight excluding hydrogens is 376 g/mol. The summed E-state index contributed by atoms with van der Waals surface area (Å²) in [6, 6.07) is 16.2. The number of aryl methyl sites for hydroxylation is 1. The molecule has 0 aliphatic rings. The van der Waals surface area contributed by atoms with Crippen molar-refractivity contribution in [3.63, 3.8) is 0 Å². The zero-order chi connectivity index (χ0) is 18.8. The smallest absolute Gasteiger partial charge is 0.191 e. The predicted octanol–water partition coefficient (Wildman–Crippen LogP) is 4.20. The lowest BCUT2D eigenvalue weighted by Gasteiger charge is -2.08. The van der Waals surface area contributed by atoms with Gasteiger partial charge in [0, 0.05) is 12.8 Å². The van der Waals surface area contributed by atoms with E-state index in [4.69, 9.17) is 0 Å². The molecule has 8 heteroatoms. The molecule has 3 aromatic heterocycles. The zero-order valence-electron chi connectivity index (χ0n) is 14.8. The van der Waals surface area contributed by atoms with Gasteiger partial charge in [-0.25, -0.2) is 4.68 Å². The summed E-state index contributed by atoms with van der Waals surface area (Å²) in [7, 11) is 1.96. The van der Waals surface area contributed by atoms with E-state index in [2.05, 4.69) is 21.4 Å². The molecule has 3 heterocycles. The Morgan fingerprint density at radius 3 is 2.67 bits per heavy atom. The third-order valence-electron chi connectivity index (χ3n) is 4.18. The van der Waals surface area contributed by atoms with Gasteiger partial charge in [-0.05, 0) is 30.5 Å². The van der Waals surface area contributed by atoms with Crippen molar-refractivity contribution in [2.45, 2.75) is 17.8 Å². The Kier molecular flexibility index (Phi) is 4.79. The third-order valence-corrected chi connectivity index (χ3v) is 6.08. The minimum absolute atomic E-state index is 0.578. The van der Waals surface area contributed by atoms with E-state index >= 15 is 0 Å². The molecule has 0 bridgehead atoms. The topological polar surface area (TPSA) is 72.3 Å². The molecule has 0 aliphatic heterocycles. The lowest BCUT2D eigenvalue weighted by atomic mass is 10.2. The van der Waals surface area contributed by atoms with Crippen LogP contribution in [0.15, 0.2) is 53.0 Å². The molecule has 27 heavy (non-hydrogen) atoms. The highest BCUT2D eigenvalue weighted by Gasteiger charge is 2.18. The van der Waals surface area contributed by atoms with Crippen molar-refractivity contribution in [3.8, 4) is 22.5 Å². The summed E-state index contributed by atoms with van der Waals surface area (Å²) in [5.41, 5.74) is 3.16. The molecule has 0 saturated heterocycles. The maximum absolute atomic E-state index is 9.60. The molecule has 0 saturated carbocycles. The highest BCUT2D eigenvalue weighted by molar-refractivity contribution is 7.98. The van der Waals surface area contributed by atoms with Crippen molar-refractivity contribution in [2.75, 3.05) is 0 Å². The van der Waals surface area contributed by atoms with Crippen LogP contribution in [-0.2, 0) is 12.8 Å². The first-order valence-electron chi connectivity index (χ1n) is 8.29. The van der Waals surface area contributed by atoms with Gasteiger partial charge in [0.05, 0.1) is 27.5 Å². The zero-order valence-corrected chi connectivity index (χ0v) is 16.5. The van der Waals surface area contributed by atoms with E-state index in [-0.39, 0.29) is 0 Å². The van der Waals surface area contributed by atoms with Crippen LogP contribution in [0.2, 0.25) is 0 Å². The van der Waals surface area contributed by atoms with Crippen molar-refractivity contribution in [2.24, 2.45) is 7.05 Å². The Bertz CT molecular complexity index is 1100. The van der Waals surface area contributed by atoms with Crippen molar-refractivity contribution < 1.29 is 0 Å². The van der Waals surface area contributed by atoms with Crippen LogP contribution in [0.3, 0.4) is 0 Å². The second-order valence-corrected chi connectivity index (χ2v) is 7.79. The first-order chi connectivity index (χ1) is 13.2.